The highest BCUT2D eigenvalue weighted by Crippen LogP contribution is 2.11. The SMILES string of the molecule is CCNCCNC(=O)c1cc(C(C)C)[nH]n1. The smallest absolute Gasteiger partial charge is 0.271 e. The lowest BCUT2D eigenvalue weighted by Crippen LogP contribution is -2.31. The molecule has 0 saturated heterocycles. The Morgan fingerprint density at radius 3 is 2.81 bits per heavy atom. The molecule has 0 aliphatic rings. The second kappa shape index (κ2) is 6.27. The van der Waals surface area contributed by atoms with Gasteiger partial charge in [0.1, 0.15) is 5.69 Å². The maximum absolute atomic E-state index is 11.6. The van der Waals surface area contributed by atoms with E-state index in [1.807, 2.05) is 6.92 Å². The van der Waals surface area contributed by atoms with Crippen LogP contribution in [0.25, 0.3) is 0 Å². The molecular formula is C11H20N4O. The number of nitrogens with one attached hydrogen (secondary N) is 3. The van der Waals surface area contributed by atoms with Gasteiger partial charge in [-0.2, -0.15) is 5.10 Å². The standard InChI is InChI=1S/C11H20N4O/c1-4-12-5-6-13-11(16)10-7-9(8(2)3)14-15-10/h7-8,12H,4-6H2,1-3H3,(H,13,16)(H,14,15). The molecule has 1 amide bonds. The summed E-state index contributed by atoms with van der Waals surface area (Å²) >= 11 is 0. The molecule has 5 heteroatoms. The zero-order chi connectivity index (χ0) is 12.0. The summed E-state index contributed by atoms with van der Waals surface area (Å²) in [5.41, 5.74) is 1.44. The van der Waals surface area contributed by atoms with E-state index >= 15 is 0 Å². The van der Waals surface area contributed by atoms with Crippen molar-refractivity contribution in [3.8, 4) is 0 Å². The second-order valence-corrected chi connectivity index (χ2v) is 3.97. The lowest BCUT2D eigenvalue weighted by molar-refractivity contribution is 0.0949. The van der Waals surface area contributed by atoms with Crippen molar-refractivity contribution in [2.75, 3.05) is 19.6 Å². The van der Waals surface area contributed by atoms with Gasteiger partial charge in [0.25, 0.3) is 5.91 Å². The summed E-state index contributed by atoms with van der Waals surface area (Å²) in [5.74, 6) is 0.233. The average molecular weight is 224 g/mol. The monoisotopic (exact) mass is 224 g/mol. The van der Waals surface area contributed by atoms with Crippen LogP contribution in [-0.2, 0) is 0 Å². The first-order valence-electron chi connectivity index (χ1n) is 5.69. The summed E-state index contributed by atoms with van der Waals surface area (Å²) in [6, 6.07) is 1.80. The number of hydrogen-bond donors (Lipinski definition) is 3. The number of likely N-dealkylation sites (N-methyl/N-ethyl adjacent to an activating group) is 1. The molecule has 3 N–H and O–H groups in total. The highest BCUT2D eigenvalue weighted by molar-refractivity contribution is 5.92. The molecule has 0 saturated carbocycles. The van der Waals surface area contributed by atoms with Gasteiger partial charge in [-0.15, -0.1) is 0 Å². The van der Waals surface area contributed by atoms with E-state index in [-0.39, 0.29) is 5.91 Å². The fourth-order valence-electron chi connectivity index (χ4n) is 1.28. The molecule has 0 aliphatic heterocycles. The number of aromatic nitrogens is 2. The molecule has 1 aromatic heterocycles. The van der Waals surface area contributed by atoms with E-state index in [0.717, 1.165) is 18.8 Å². The molecule has 1 rings (SSSR count). The zero-order valence-corrected chi connectivity index (χ0v) is 10.1. The van der Waals surface area contributed by atoms with Gasteiger partial charge in [0.15, 0.2) is 0 Å². The molecule has 1 aromatic rings. The molecule has 16 heavy (non-hydrogen) atoms. The Morgan fingerprint density at radius 1 is 1.50 bits per heavy atom. The Morgan fingerprint density at radius 2 is 2.25 bits per heavy atom. The highest BCUT2D eigenvalue weighted by atomic mass is 16.1. The van der Waals surface area contributed by atoms with Crippen LogP contribution in [0.5, 0.6) is 0 Å². The molecule has 0 aromatic carbocycles. The molecule has 0 unspecified atom stereocenters. The van der Waals surface area contributed by atoms with Gasteiger partial charge in [-0.25, -0.2) is 0 Å². The van der Waals surface area contributed by atoms with Gasteiger partial charge >= 0.3 is 0 Å². The van der Waals surface area contributed by atoms with Crippen LogP contribution in [0.4, 0.5) is 0 Å². The lowest BCUT2D eigenvalue weighted by Gasteiger charge is -2.02. The van der Waals surface area contributed by atoms with Crippen LogP contribution in [0.2, 0.25) is 0 Å². The van der Waals surface area contributed by atoms with Crippen LogP contribution in [0.15, 0.2) is 6.07 Å². The van der Waals surface area contributed by atoms with Crippen molar-refractivity contribution in [2.45, 2.75) is 26.7 Å². The van der Waals surface area contributed by atoms with Gasteiger partial charge in [-0.3, -0.25) is 9.89 Å². The first kappa shape index (κ1) is 12.7. The largest absolute Gasteiger partial charge is 0.349 e. The summed E-state index contributed by atoms with van der Waals surface area (Å²) in [7, 11) is 0. The molecule has 0 radical (unpaired) electrons. The number of rotatable bonds is 6. The van der Waals surface area contributed by atoms with Crippen molar-refractivity contribution in [1.82, 2.24) is 20.8 Å². The van der Waals surface area contributed by atoms with E-state index in [1.54, 1.807) is 6.07 Å². The minimum Gasteiger partial charge on any atom is -0.349 e. The third-order valence-electron chi connectivity index (χ3n) is 2.29. The number of carbonyl (C=O) groups excluding carboxylic acids is 1. The molecule has 1 heterocycles. The van der Waals surface area contributed by atoms with Crippen molar-refractivity contribution < 1.29 is 4.79 Å². The Kier molecular flexibility index (Phi) is 4.98. The van der Waals surface area contributed by atoms with Crippen LogP contribution in [0, 0.1) is 0 Å². The van der Waals surface area contributed by atoms with E-state index < -0.39 is 0 Å². The van der Waals surface area contributed by atoms with Gasteiger partial charge in [-0.1, -0.05) is 20.8 Å². The minimum absolute atomic E-state index is 0.124. The maximum atomic E-state index is 11.6. The molecule has 0 atom stereocenters. The zero-order valence-electron chi connectivity index (χ0n) is 10.1. The Balaban J connectivity index is 2.40. The lowest BCUT2D eigenvalue weighted by atomic mass is 10.1. The predicted octanol–water partition coefficient (Wildman–Crippen LogP) is 0.872. The Bertz CT molecular complexity index is 332. The van der Waals surface area contributed by atoms with Crippen molar-refractivity contribution in [1.29, 1.82) is 0 Å². The highest BCUT2D eigenvalue weighted by Gasteiger charge is 2.10. The normalized spacial score (nSPS) is 10.8. The van der Waals surface area contributed by atoms with Crippen LogP contribution >= 0.6 is 0 Å². The van der Waals surface area contributed by atoms with Gasteiger partial charge in [0, 0.05) is 18.8 Å². The van der Waals surface area contributed by atoms with E-state index in [1.165, 1.54) is 0 Å². The summed E-state index contributed by atoms with van der Waals surface area (Å²) < 4.78 is 0. The number of H-pyrrole nitrogens is 1. The Hall–Kier alpha value is -1.36. The molecule has 0 spiro atoms. The molecule has 0 fully saturated rings. The Labute approximate surface area is 96.0 Å². The minimum atomic E-state index is -0.124. The third-order valence-corrected chi connectivity index (χ3v) is 2.29. The second-order valence-electron chi connectivity index (χ2n) is 3.97. The number of aromatic amines is 1. The van der Waals surface area contributed by atoms with Crippen LogP contribution in [0.3, 0.4) is 0 Å². The van der Waals surface area contributed by atoms with Crippen molar-refractivity contribution in [3.05, 3.63) is 17.5 Å². The van der Waals surface area contributed by atoms with Crippen LogP contribution in [-0.4, -0.2) is 35.7 Å². The topological polar surface area (TPSA) is 69.8 Å². The average Bonchev–Trinajstić information content (AvgIpc) is 2.73. The van der Waals surface area contributed by atoms with Crippen molar-refractivity contribution in [3.63, 3.8) is 0 Å². The molecular weight excluding hydrogens is 204 g/mol. The molecule has 5 nitrogen and oxygen atoms in total. The number of nitrogens with zero attached hydrogens (tertiary/aromatic N) is 1. The first-order valence-corrected chi connectivity index (χ1v) is 5.69. The fourth-order valence-corrected chi connectivity index (χ4v) is 1.28. The summed E-state index contributed by atoms with van der Waals surface area (Å²) in [6.45, 7) is 8.46. The first-order chi connectivity index (χ1) is 7.65. The van der Waals surface area contributed by atoms with Gasteiger partial charge in [0.05, 0.1) is 0 Å². The molecule has 90 valence electrons. The van der Waals surface area contributed by atoms with E-state index in [9.17, 15) is 4.79 Å². The van der Waals surface area contributed by atoms with E-state index in [2.05, 4.69) is 34.7 Å². The van der Waals surface area contributed by atoms with Crippen LogP contribution < -0.4 is 10.6 Å². The summed E-state index contributed by atoms with van der Waals surface area (Å²) in [5, 5.41) is 12.8. The quantitative estimate of drug-likeness (QED) is 0.628. The number of carbonyl (C=O) groups is 1. The van der Waals surface area contributed by atoms with E-state index in [0.29, 0.717) is 18.2 Å². The van der Waals surface area contributed by atoms with Gasteiger partial charge in [0.2, 0.25) is 0 Å². The number of amides is 1. The summed E-state index contributed by atoms with van der Waals surface area (Å²) in [4.78, 5) is 11.6. The maximum Gasteiger partial charge on any atom is 0.271 e. The molecule has 0 aliphatic carbocycles. The fraction of sp³-hybridized carbons (Fsp3) is 0.636. The number of hydrogen-bond acceptors (Lipinski definition) is 3. The molecule has 0 bridgehead atoms. The van der Waals surface area contributed by atoms with Crippen molar-refractivity contribution in [2.24, 2.45) is 0 Å². The van der Waals surface area contributed by atoms with E-state index in [4.69, 9.17) is 0 Å². The van der Waals surface area contributed by atoms with Crippen LogP contribution in [0.1, 0.15) is 42.9 Å². The summed E-state index contributed by atoms with van der Waals surface area (Å²) in [6.07, 6.45) is 0. The third kappa shape index (κ3) is 3.66. The predicted molar refractivity (Wildman–Crippen MR) is 63.6 cm³/mol. The van der Waals surface area contributed by atoms with Gasteiger partial charge in [-0.05, 0) is 18.5 Å². The van der Waals surface area contributed by atoms with Crippen molar-refractivity contribution >= 4 is 5.91 Å². The van der Waals surface area contributed by atoms with Gasteiger partial charge < -0.3 is 10.6 Å².